The topological polar surface area (TPSA) is 95.5 Å². The minimum absolute atomic E-state index is 0.254. The van der Waals surface area contributed by atoms with Crippen LogP contribution in [0.4, 0.5) is 0 Å². The fraction of sp³-hybridized carbons (Fsp3) is 0.156. The highest BCUT2D eigenvalue weighted by Gasteiger charge is 2.14. The number of para-hydroxylation sites is 1. The van der Waals surface area contributed by atoms with Crippen molar-refractivity contribution >= 4 is 18.1 Å². The van der Waals surface area contributed by atoms with Gasteiger partial charge in [-0.15, -0.1) is 0 Å². The van der Waals surface area contributed by atoms with Gasteiger partial charge in [0, 0.05) is 0 Å². The van der Waals surface area contributed by atoms with Crippen molar-refractivity contribution < 1.29 is 28.5 Å². The molecule has 204 valence electrons. The number of benzene rings is 4. The van der Waals surface area contributed by atoms with E-state index in [0.29, 0.717) is 47.2 Å². The van der Waals surface area contributed by atoms with E-state index in [1.54, 1.807) is 66.7 Å². The van der Waals surface area contributed by atoms with Crippen LogP contribution >= 0.6 is 0 Å². The lowest BCUT2D eigenvalue weighted by Gasteiger charge is -2.11. The summed E-state index contributed by atoms with van der Waals surface area (Å²) in [6, 6.07) is 28.4. The van der Waals surface area contributed by atoms with Crippen molar-refractivity contribution in [2.45, 2.75) is 20.0 Å². The van der Waals surface area contributed by atoms with Gasteiger partial charge in [-0.05, 0) is 72.1 Å². The standard InChI is InChI=1S/C32H30N2O6/c1-3-19-38-26-16-14-25(15-17-26)32(36)40-29-18-13-24(20-30(29)37-2)21-33-34-31(35)27-11-7-8-12-28(27)39-22-23-9-5-4-6-10-23/h4-18,20-21H,3,19,22H2,1-2H3,(H,34,35)/b33-21+. The maximum atomic E-state index is 12.8. The Hall–Kier alpha value is -5.11. The van der Waals surface area contributed by atoms with Crippen molar-refractivity contribution in [3.8, 4) is 23.0 Å². The summed E-state index contributed by atoms with van der Waals surface area (Å²) >= 11 is 0. The minimum Gasteiger partial charge on any atom is -0.494 e. The SMILES string of the molecule is CCCOc1ccc(C(=O)Oc2ccc(/C=N/NC(=O)c3ccccc3OCc3ccccc3)cc2OC)cc1. The van der Waals surface area contributed by atoms with E-state index < -0.39 is 11.9 Å². The predicted octanol–water partition coefficient (Wildman–Crippen LogP) is 6.05. The molecule has 40 heavy (non-hydrogen) atoms. The molecule has 1 amide bonds. The Bertz CT molecular complexity index is 1450. The summed E-state index contributed by atoms with van der Waals surface area (Å²) in [7, 11) is 1.47. The summed E-state index contributed by atoms with van der Waals surface area (Å²) < 4.78 is 22.3. The second kappa shape index (κ2) is 14.2. The normalized spacial score (nSPS) is 10.7. The zero-order valence-corrected chi connectivity index (χ0v) is 22.3. The molecule has 0 bridgehead atoms. The summed E-state index contributed by atoms with van der Waals surface area (Å²) in [4.78, 5) is 25.4. The van der Waals surface area contributed by atoms with E-state index in [4.69, 9.17) is 18.9 Å². The van der Waals surface area contributed by atoms with Gasteiger partial charge in [0.1, 0.15) is 18.1 Å². The second-order valence-electron chi connectivity index (χ2n) is 8.64. The van der Waals surface area contributed by atoms with Crippen LogP contribution in [0, 0.1) is 0 Å². The van der Waals surface area contributed by atoms with Gasteiger partial charge < -0.3 is 18.9 Å². The molecule has 0 aliphatic carbocycles. The highest BCUT2D eigenvalue weighted by Crippen LogP contribution is 2.28. The number of amides is 1. The van der Waals surface area contributed by atoms with Crippen LogP contribution in [0.5, 0.6) is 23.0 Å². The monoisotopic (exact) mass is 538 g/mol. The fourth-order valence-corrected chi connectivity index (χ4v) is 3.66. The second-order valence-corrected chi connectivity index (χ2v) is 8.64. The molecule has 0 aliphatic rings. The van der Waals surface area contributed by atoms with Gasteiger partial charge in [-0.3, -0.25) is 4.79 Å². The average Bonchev–Trinajstić information content (AvgIpc) is 3.00. The highest BCUT2D eigenvalue weighted by molar-refractivity contribution is 5.97. The largest absolute Gasteiger partial charge is 0.494 e. The van der Waals surface area contributed by atoms with E-state index in [0.717, 1.165) is 12.0 Å². The van der Waals surface area contributed by atoms with Gasteiger partial charge in [0.2, 0.25) is 0 Å². The maximum absolute atomic E-state index is 12.8. The number of carbonyl (C=O) groups is 2. The molecule has 8 nitrogen and oxygen atoms in total. The Balaban J connectivity index is 1.36. The number of hydrogen-bond donors (Lipinski definition) is 1. The van der Waals surface area contributed by atoms with Gasteiger partial charge in [-0.2, -0.15) is 5.10 Å². The summed E-state index contributed by atoms with van der Waals surface area (Å²) in [5.74, 6) is 0.798. The Morgan fingerprint density at radius 3 is 2.33 bits per heavy atom. The molecule has 0 spiro atoms. The number of esters is 1. The number of hydrazone groups is 1. The third-order valence-electron chi connectivity index (χ3n) is 5.70. The summed E-state index contributed by atoms with van der Waals surface area (Å²) in [5, 5.41) is 4.07. The Morgan fingerprint density at radius 2 is 1.57 bits per heavy atom. The zero-order chi connectivity index (χ0) is 28.2. The van der Waals surface area contributed by atoms with E-state index in [2.05, 4.69) is 10.5 Å². The Morgan fingerprint density at radius 1 is 0.825 bits per heavy atom. The summed E-state index contributed by atoms with van der Waals surface area (Å²) in [6.07, 6.45) is 2.36. The molecule has 0 aromatic heterocycles. The molecule has 4 aromatic carbocycles. The number of nitrogens with zero attached hydrogens (tertiary/aromatic N) is 1. The molecular weight excluding hydrogens is 508 g/mol. The average molecular weight is 539 g/mol. The number of nitrogens with one attached hydrogen (secondary N) is 1. The van der Waals surface area contributed by atoms with E-state index in [9.17, 15) is 9.59 Å². The number of rotatable bonds is 12. The van der Waals surface area contributed by atoms with Crippen LogP contribution in [-0.4, -0.2) is 31.8 Å². The molecule has 4 rings (SSSR count). The summed E-state index contributed by atoms with van der Waals surface area (Å²) in [5.41, 5.74) is 4.89. The van der Waals surface area contributed by atoms with Gasteiger partial charge in [-0.25, -0.2) is 10.2 Å². The number of methoxy groups -OCH3 is 1. The quantitative estimate of drug-likeness (QED) is 0.102. The molecule has 0 atom stereocenters. The van der Waals surface area contributed by atoms with E-state index in [1.807, 2.05) is 37.3 Å². The highest BCUT2D eigenvalue weighted by atomic mass is 16.6. The molecule has 0 radical (unpaired) electrons. The molecule has 0 saturated heterocycles. The first-order valence-electron chi connectivity index (χ1n) is 12.8. The van der Waals surface area contributed by atoms with Gasteiger partial charge in [0.05, 0.1) is 31.1 Å². The molecular formula is C32H30N2O6. The molecule has 0 unspecified atom stereocenters. The fourth-order valence-electron chi connectivity index (χ4n) is 3.66. The van der Waals surface area contributed by atoms with Crippen LogP contribution in [0.3, 0.4) is 0 Å². The molecule has 4 aromatic rings. The predicted molar refractivity (Wildman–Crippen MR) is 152 cm³/mol. The minimum atomic E-state index is -0.526. The van der Waals surface area contributed by atoms with Crippen molar-refractivity contribution in [1.82, 2.24) is 5.43 Å². The lowest BCUT2D eigenvalue weighted by atomic mass is 10.2. The van der Waals surface area contributed by atoms with Gasteiger partial charge >= 0.3 is 5.97 Å². The number of hydrogen-bond acceptors (Lipinski definition) is 7. The van der Waals surface area contributed by atoms with Gasteiger partial charge in [-0.1, -0.05) is 49.4 Å². The van der Waals surface area contributed by atoms with E-state index in [-0.39, 0.29) is 5.75 Å². The summed E-state index contributed by atoms with van der Waals surface area (Å²) in [6.45, 7) is 2.97. The van der Waals surface area contributed by atoms with E-state index in [1.165, 1.54) is 13.3 Å². The number of ether oxygens (including phenoxy) is 4. The first kappa shape index (κ1) is 27.9. The molecule has 8 heteroatoms. The molecule has 0 aliphatic heterocycles. The molecule has 0 fully saturated rings. The van der Waals surface area contributed by atoms with Crippen LogP contribution in [0.2, 0.25) is 0 Å². The molecule has 0 saturated carbocycles. The van der Waals surface area contributed by atoms with Gasteiger partial charge in [0.25, 0.3) is 5.91 Å². The van der Waals surface area contributed by atoms with Crippen molar-refractivity contribution in [2.75, 3.05) is 13.7 Å². The third kappa shape index (κ3) is 7.70. The van der Waals surface area contributed by atoms with Crippen LogP contribution in [0.1, 0.15) is 45.2 Å². The van der Waals surface area contributed by atoms with Crippen molar-refractivity contribution in [3.05, 3.63) is 119 Å². The number of carbonyl (C=O) groups excluding carboxylic acids is 2. The molecule has 0 heterocycles. The van der Waals surface area contributed by atoms with Gasteiger partial charge in [0.15, 0.2) is 11.5 Å². The Kier molecular flexibility index (Phi) is 9.88. The van der Waals surface area contributed by atoms with E-state index >= 15 is 0 Å². The zero-order valence-electron chi connectivity index (χ0n) is 22.3. The van der Waals surface area contributed by atoms with Crippen molar-refractivity contribution in [3.63, 3.8) is 0 Å². The maximum Gasteiger partial charge on any atom is 0.343 e. The van der Waals surface area contributed by atoms with Crippen LogP contribution in [0.25, 0.3) is 0 Å². The lowest BCUT2D eigenvalue weighted by molar-refractivity contribution is 0.0729. The van der Waals surface area contributed by atoms with Crippen molar-refractivity contribution in [1.29, 1.82) is 0 Å². The first-order valence-corrected chi connectivity index (χ1v) is 12.8. The van der Waals surface area contributed by atoms with Crippen LogP contribution in [-0.2, 0) is 6.61 Å². The van der Waals surface area contributed by atoms with Crippen LogP contribution in [0.15, 0.2) is 102 Å². The van der Waals surface area contributed by atoms with Crippen molar-refractivity contribution in [2.24, 2.45) is 5.10 Å². The van der Waals surface area contributed by atoms with Crippen LogP contribution < -0.4 is 24.4 Å². The molecule has 1 N–H and O–H groups in total. The Labute approximate surface area is 233 Å². The first-order chi connectivity index (χ1) is 19.6. The lowest BCUT2D eigenvalue weighted by Crippen LogP contribution is -2.18. The third-order valence-corrected chi connectivity index (χ3v) is 5.70. The smallest absolute Gasteiger partial charge is 0.343 e.